The lowest BCUT2D eigenvalue weighted by Crippen LogP contribution is -2.15. The molecule has 172 valence electrons. The molecule has 3 rings (SSSR count). The monoisotopic (exact) mass is 469 g/mol. The summed E-state index contributed by atoms with van der Waals surface area (Å²) in [5.41, 5.74) is 0.870. The highest BCUT2D eigenvalue weighted by Gasteiger charge is 2.17. The molecule has 0 saturated carbocycles. The van der Waals surface area contributed by atoms with Crippen LogP contribution in [-0.4, -0.2) is 40.5 Å². The molecule has 0 radical (unpaired) electrons. The van der Waals surface area contributed by atoms with Gasteiger partial charge in [-0.15, -0.1) is 0 Å². The maximum absolute atomic E-state index is 12.7. The van der Waals surface area contributed by atoms with Crippen LogP contribution in [0.15, 0.2) is 77.7 Å². The van der Waals surface area contributed by atoms with E-state index in [0.29, 0.717) is 22.7 Å². The Labute approximate surface area is 192 Å². The topological polar surface area (TPSA) is 108 Å². The third-order valence-electron chi connectivity index (χ3n) is 4.56. The van der Waals surface area contributed by atoms with Gasteiger partial charge in [-0.05, 0) is 61.5 Å². The van der Waals surface area contributed by atoms with Crippen molar-refractivity contribution in [2.45, 2.75) is 11.8 Å². The first-order chi connectivity index (χ1) is 15.8. The van der Waals surface area contributed by atoms with Crippen LogP contribution < -0.4 is 14.2 Å². The Kier molecular flexibility index (Phi) is 7.68. The first-order valence-corrected chi connectivity index (χ1v) is 11.5. The van der Waals surface area contributed by atoms with Gasteiger partial charge in [0.2, 0.25) is 0 Å². The molecule has 0 saturated heterocycles. The number of rotatable bonds is 10. The van der Waals surface area contributed by atoms with Crippen LogP contribution in [0.2, 0.25) is 0 Å². The third kappa shape index (κ3) is 6.33. The molecule has 33 heavy (non-hydrogen) atoms. The maximum atomic E-state index is 12.7. The Hall–Kier alpha value is -3.85. The largest absolute Gasteiger partial charge is 0.497 e. The van der Waals surface area contributed by atoms with Crippen LogP contribution in [0.25, 0.3) is 0 Å². The van der Waals surface area contributed by atoms with Crippen LogP contribution in [0.3, 0.4) is 0 Å². The van der Waals surface area contributed by atoms with Crippen molar-refractivity contribution < 1.29 is 32.2 Å². The van der Waals surface area contributed by atoms with Crippen LogP contribution in [0.1, 0.15) is 27.6 Å². The predicted octanol–water partition coefficient (Wildman–Crippen LogP) is 3.93. The first kappa shape index (κ1) is 23.8. The second-order valence-electron chi connectivity index (χ2n) is 6.90. The van der Waals surface area contributed by atoms with Crippen molar-refractivity contribution in [3.05, 3.63) is 83.9 Å². The van der Waals surface area contributed by atoms with Crippen molar-refractivity contribution in [3.8, 4) is 11.5 Å². The number of esters is 1. The summed E-state index contributed by atoms with van der Waals surface area (Å²) in [6, 6.07) is 18.7. The number of ether oxygens (including phenoxy) is 3. The van der Waals surface area contributed by atoms with Crippen LogP contribution >= 0.6 is 0 Å². The van der Waals surface area contributed by atoms with E-state index in [0.717, 1.165) is 0 Å². The van der Waals surface area contributed by atoms with Gasteiger partial charge in [0.15, 0.2) is 5.78 Å². The summed E-state index contributed by atoms with van der Waals surface area (Å²) in [6.45, 7) is 1.39. The van der Waals surface area contributed by atoms with E-state index in [1.54, 1.807) is 48.5 Å². The zero-order chi connectivity index (χ0) is 23.8. The highest BCUT2D eigenvalue weighted by atomic mass is 32.2. The van der Waals surface area contributed by atoms with Gasteiger partial charge in [0, 0.05) is 5.69 Å². The zero-order valence-electron chi connectivity index (χ0n) is 18.1. The molecule has 0 aromatic heterocycles. The average Bonchev–Trinajstić information content (AvgIpc) is 2.82. The van der Waals surface area contributed by atoms with Crippen LogP contribution in [-0.2, 0) is 14.8 Å². The zero-order valence-corrected chi connectivity index (χ0v) is 18.9. The van der Waals surface area contributed by atoms with E-state index in [9.17, 15) is 18.0 Å². The number of benzene rings is 3. The Balaban J connectivity index is 1.60. The molecular formula is C24H23NO7S. The van der Waals surface area contributed by atoms with Gasteiger partial charge in [0.1, 0.15) is 24.7 Å². The number of hydrogen-bond acceptors (Lipinski definition) is 7. The number of ketones is 1. The quantitative estimate of drug-likeness (QED) is 0.272. The van der Waals surface area contributed by atoms with Crippen molar-refractivity contribution in [2.24, 2.45) is 0 Å². The van der Waals surface area contributed by atoms with E-state index in [1.807, 2.05) is 0 Å². The van der Waals surface area contributed by atoms with E-state index in [1.165, 1.54) is 38.3 Å². The summed E-state index contributed by atoms with van der Waals surface area (Å²) in [4.78, 5) is 23.9. The van der Waals surface area contributed by atoms with Gasteiger partial charge in [-0.25, -0.2) is 13.2 Å². The number of carbonyl (C=O) groups is 2. The summed E-state index contributed by atoms with van der Waals surface area (Å²) in [6.07, 6.45) is 0. The van der Waals surface area contributed by atoms with Crippen LogP contribution in [0, 0.1) is 0 Å². The van der Waals surface area contributed by atoms with Crippen molar-refractivity contribution >= 4 is 27.5 Å². The van der Waals surface area contributed by atoms with Crippen LogP contribution in [0.4, 0.5) is 5.69 Å². The van der Waals surface area contributed by atoms with Crippen molar-refractivity contribution in [1.82, 2.24) is 0 Å². The van der Waals surface area contributed by atoms with E-state index in [2.05, 4.69) is 4.72 Å². The normalized spacial score (nSPS) is 10.8. The highest BCUT2D eigenvalue weighted by Crippen LogP contribution is 2.21. The minimum absolute atomic E-state index is 0.0348. The second kappa shape index (κ2) is 10.6. The van der Waals surface area contributed by atoms with Gasteiger partial charge in [-0.2, -0.15) is 0 Å². The predicted molar refractivity (Wildman–Crippen MR) is 122 cm³/mol. The number of hydrogen-bond donors (Lipinski definition) is 1. The Morgan fingerprint density at radius 2 is 1.64 bits per heavy atom. The van der Waals surface area contributed by atoms with E-state index in [-0.39, 0.29) is 29.5 Å². The number of sulfonamides is 1. The fourth-order valence-electron chi connectivity index (χ4n) is 2.92. The minimum atomic E-state index is -3.92. The summed E-state index contributed by atoms with van der Waals surface area (Å²) in [5.74, 6) is 0.166. The fraction of sp³-hybridized carbons (Fsp3) is 0.167. The maximum Gasteiger partial charge on any atom is 0.338 e. The summed E-state index contributed by atoms with van der Waals surface area (Å²) in [7, 11) is -2.40. The molecule has 0 aliphatic carbocycles. The Bertz CT molecular complexity index is 1240. The lowest BCUT2D eigenvalue weighted by molar-refractivity contribution is 0.0449. The third-order valence-corrected chi connectivity index (χ3v) is 5.94. The minimum Gasteiger partial charge on any atom is -0.497 e. The average molecular weight is 470 g/mol. The number of methoxy groups -OCH3 is 1. The molecular weight excluding hydrogens is 446 g/mol. The van der Waals surface area contributed by atoms with Crippen molar-refractivity contribution in [2.75, 3.05) is 25.0 Å². The number of Topliss-reactive ketones (excluding diaryl/α,β-unsaturated/α-hetero) is 1. The molecule has 3 aromatic rings. The molecule has 1 N–H and O–H groups in total. The summed E-state index contributed by atoms with van der Waals surface area (Å²) >= 11 is 0. The highest BCUT2D eigenvalue weighted by molar-refractivity contribution is 7.92. The molecule has 0 bridgehead atoms. The molecule has 0 heterocycles. The molecule has 0 unspecified atom stereocenters. The summed E-state index contributed by atoms with van der Waals surface area (Å²) in [5, 5.41) is 0. The standard InChI is InChI=1S/C24H23NO7S/c1-17(26)22-8-3-4-9-23(22)31-14-15-32-24(27)18-6-5-7-21(16-18)33(28,29)25-19-10-12-20(30-2)13-11-19/h3-13,16,25H,14-15H2,1-2H3. The lowest BCUT2D eigenvalue weighted by Gasteiger charge is -2.11. The van der Waals surface area contributed by atoms with Crippen molar-refractivity contribution in [3.63, 3.8) is 0 Å². The first-order valence-electron chi connectivity index (χ1n) is 9.97. The Morgan fingerprint density at radius 3 is 2.33 bits per heavy atom. The summed E-state index contributed by atoms with van der Waals surface area (Å²) < 4.78 is 43.6. The molecule has 8 nitrogen and oxygen atoms in total. The van der Waals surface area contributed by atoms with E-state index >= 15 is 0 Å². The van der Waals surface area contributed by atoms with Gasteiger partial charge in [-0.1, -0.05) is 18.2 Å². The molecule has 0 fully saturated rings. The second-order valence-corrected chi connectivity index (χ2v) is 8.58. The molecule has 3 aromatic carbocycles. The Morgan fingerprint density at radius 1 is 0.909 bits per heavy atom. The number of anilines is 1. The number of nitrogens with one attached hydrogen (secondary N) is 1. The van der Waals surface area contributed by atoms with Gasteiger partial charge in [0.25, 0.3) is 10.0 Å². The SMILES string of the molecule is COc1ccc(NS(=O)(=O)c2cccc(C(=O)OCCOc3ccccc3C(C)=O)c2)cc1. The smallest absolute Gasteiger partial charge is 0.338 e. The lowest BCUT2D eigenvalue weighted by atomic mass is 10.1. The number of carbonyl (C=O) groups excluding carboxylic acids is 2. The number of para-hydroxylation sites is 1. The molecule has 0 aliphatic rings. The van der Waals surface area contributed by atoms with Crippen molar-refractivity contribution in [1.29, 1.82) is 0 Å². The molecule has 0 atom stereocenters. The van der Waals surface area contributed by atoms with Gasteiger partial charge in [-0.3, -0.25) is 9.52 Å². The molecule has 0 spiro atoms. The van der Waals surface area contributed by atoms with Crippen LogP contribution in [0.5, 0.6) is 11.5 Å². The molecule has 9 heteroatoms. The van der Waals surface area contributed by atoms with Gasteiger partial charge < -0.3 is 14.2 Å². The molecule has 0 aliphatic heterocycles. The van der Waals surface area contributed by atoms with Gasteiger partial charge in [0.05, 0.1) is 23.1 Å². The van der Waals surface area contributed by atoms with E-state index < -0.39 is 16.0 Å². The van der Waals surface area contributed by atoms with E-state index in [4.69, 9.17) is 14.2 Å². The van der Waals surface area contributed by atoms with Gasteiger partial charge >= 0.3 is 5.97 Å². The molecule has 0 amide bonds. The fourth-order valence-corrected chi connectivity index (χ4v) is 4.02.